The van der Waals surface area contributed by atoms with Crippen LogP contribution >= 0.6 is 0 Å². The van der Waals surface area contributed by atoms with Gasteiger partial charge in [-0.25, -0.2) is 9.97 Å². The quantitative estimate of drug-likeness (QED) is 0.673. The zero-order chi connectivity index (χ0) is 9.26. The summed E-state index contributed by atoms with van der Waals surface area (Å²) in [5, 5.41) is 0. The molecule has 0 radical (unpaired) electrons. The fourth-order valence-electron chi connectivity index (χ4n) is 1.52. The molecule has 4 heteroatoms. The van der Waals surface area contributed by atoms with E-state index in [1.54, 1.807) is 0 Å². The van der Waals surface area contributed by atoms with E-state index < -0.39 is 0 Å². The summed E-state index contributed by atoms with van der Waals surface area (Å²) in [5.41, 5.74) is 6.89. The molecule has 1 aliphatic heterocycles. The third-order valence-corrected chi connectivity index (χ3v) is 2.27. The summed E-state index contributed by atoms with van der Waals surface area (Å²) in [6, 6.07) is 0.282. The highest BCUT2D eigenvalue weighted by atomic mass is 15.3. The van der Waals surface area contributed by atoms with Crippen LogP contribution in [0.5, 0.6) is 0 Å². The Morgan fingerprint density at radius 1 is 1.46 bits per heavy atom. The van der Waals surface area contributed by atoms with Gasteiger partial charge in [-0.15, -0.1) is 0 Å². The zero-order valence-electron chi connectivity index (χ0n) is 7.77. The average molecular weight is 178 g/mol. The maximum absolute atomic E-state index is 5.80. The standard InChI is InChI=1S/C9H14N4/c1-7-4-11-9(12-5-7)13-3-2-8(10)6-13/h4-5,8H,2-3,6,10H2,1H3/t8-/m1/s1. The summed E-state index contributed by atoms with van der Waals surface area (Å²) in [4.78, 5) is 10.6. The van der Waals surface area contributed by atoms with E-state index in [-0.39, 0.29) is 6.04 Å². The molecular weight excluding hydrogens is 164 g/mol. The topological polar surface area (TPSA) is 55.0 Å². The predicted molar refractivity (Wildman–Crippen MR) is 51.6 cm³/mol. The van der Waals surface area contributed by atoms with Crippen molar-refractivity contribution in [2.45, 2.75) is 19.4 Å². The van der Waals surface area contributed by atoms with Gasteiger partial charge in [0.15, 0.2) is 0 Å². The van der Waals surface area contributed by atoms with E-state index in [1.165, 1.54) is 0 Å². The number of aryl methyl sites for hydroxylation is 1. The first-order valence-corrected chi connectivity index (χ1v) is 4.55. The fraction of sp³-hybridized carbons (Fsp3) is 0.556. The van der Waals surface area contributed by atoms with Crippen molar-refractivity contribution in [2.75, 3.05) is 18.0 Å². The maximum atomic E-state index is 5.80. The van der Waals surface area contributed by atoms with E-state index >= 15 is 0 Å². The first kappa shape index (κ1) is 8.44. The number of nitrogens with two attached hydrogens (primary N) is 1. The van der Waals surface area contributed by atoms with Crippen molar-refractivity contribution in [1.29, 1.82) is 0 Å². The van der Waals surface area contributed by atoms with E-state index in [4.69, 9.17) is 5.73 Å². The first-order chi connectivity index (χ1) is 6.25. The van der Waals surface area contributed by atoms with Crippen LogP contribution in [0.2, 0.25) is 0 Å². The van der Waals surface area contributed by atoms with Crippen LogP contribution in [0, 0.1) is 6.92 Å². The van der Waals surface area contributed by atoms with Crippen molar-refractivity contribution in [2.24, 2.45) is 5.73 Å². The van der Waals surface area contributed by atoms with Crippen LogP contribution < -0.4 is 10.6 Å². The Morgan fingerprint density at radius 3 is 2.69 bits per heavy atom. The molecule has 0 spiro atoms. The Labute approximate surface area is 77.8 Å². The van der Waals surface area contributed by atoms with Gasteiger partial charge in [-0.1, -0.05) is 0 Å². The van der Waals surface area contributed by atoms with E-state index in [1.807, 2.05) is 19.3 Å². The Balaban J connectivity index is 2.13. The van der Waals surface area contributed by atoms with Crippen molar-refractivity contribution in [3.63, 3.8) is 0 Å². The third kappa shape index (κ3) is 1.78. The number of aromatic nitrogens is 2. The van der Waals surface area contributed by atoms with Gasteiger partial charge in [0.05, 0.1) is 0 Å². The summed E-state index contributed by atoms with van der Waals surface area (Å²) in [6.45, 7) is 3.84. The Kier molecular flexibility index (Phi) is 2.14. The van der Waals surface area contributed by atoms with E-state index in [0.717, 1.165) is 31.0 Å². The molecule has 0 aliphatic carbocycles. The molecule has 0 saturated carbocycles. The predicted octanol–water partition coefficient (Wildman–Crippen LogP) is 0.322. The molecule has 4 nitrogen and oxygen atoms in total. The maximum Gasteiger partial charge on any atom is 0.225 e. The first-order valence-electron chi connectivity index (χ1n) is 4.55. The van der Waals surface area contributed by atoms with Gasteiger partial charge in [0, 0.05) is 31.5 Å². The molecule has 1 atom stereocenters. The molecule has 2 rings (SSSR count). The van der Waals surface area contributed by atoms with Crippen molar-refractivity contribution >= 4 is 5.95 Å². The second-order valence-corrected chi connectivity index (χ2v) is 3.56. The molecule has 13 heavy (non-hydrogen) atoms. The normalized spacial score (nSPS) is 22.3. The lowest BCUT2D eigenvalue weighted by Crippen LogP contribution is -2.27. The molecule has 1 aromatic heterocycles. The lowest BCUT2D eigenvalue weighted by atomic mass is 10.3. The third-order valence-electron chi connectivity index (χ3n) is 2.27. The summed E-state index contributed by atoms with van der Waals surface area (Å²) in [5.74, 6) is 0.804. The van der Waals surface area contributed by atoms with Gasteiger partial charge in [-0.3, -0.25) is 0 Å². The number of hydrogen-bond donors (Lipinski definition) is 1. The largest absolute Gasteiger partial charge is 0.339 e. The number of anilines is 1. The molecule has 0 unspecified atom stereocenters. The van der Waals surface area contributed by atoms with Gasteiger partial charge in [0.25, 0.3) is 0 Å². The van der Waals surface area contributed by atoms with Crippen molar-refractivity contribution < 1.29 is 0 Å². The fourth-order valence-corrected chi connectivity index (χ4v) is 1.52. The van der Waals surface area contributed by atoms with Crippen LogP contribution in [0.25, 0.3) is 0 Å². The van der Waals surface area contributed by atoms with Crippen LogP contribution in [-0.2, 0) is 0 Å². The van der Waals surface area contributed by atoms with E-state index in [9.17, 15) is 0 Å². The van der Waals surface area contributed by atoms with Gasteiger partial charge >= 0.3 is 0 Å². The van der Waals surface area contributed by atoms with Gasteiger partial charge in [0.1, 0.15) is 0 Å². The minimum absolute atomic E-state index is 0.282. The molecule has 70 valence electrons. The molecule has 0 amide bonds. The Morgan fingerprint density at radius 2 is 2.15 bits per heavy atom. The highest BCUT2D eigenvalue weighted by Crippen LogP contribution is 2.13. The second-order valence-electron chi connectivity index (χ2n) is 3.56. The molecule has 1 fully saturated rings. The molecule has 1 aromatic rings. The summed E-state index contributed by atoms with van der Waals surface area (Å²) >= 11 is 0. The van der Waals surface area contributed by atoms with Crippen molar-refractivity contribution in [3.05, 3.63) is 18.0 Å². The molecule has 0 bridgehead atoms. The monoisotopic (exact) mass is 178 g/mol. The minimum atomic E-state index is 0.282. The number of nitrogens with zero attached hydrogens (tertiary/aromatic N) is 3. The smallest absolute Gasteiger partial charge is 0.225 e. The summed E-state index contributed by atoms with van der Waals surface area (Å²) in [6.07, 6.45) is 4.72. The van der Waals surface area contributed by atoms with Crippen molar-refractivity contribution in [1.82, 2.24) is 9.97 Å². The van der Waals surface area contributed by atoms with E-state index in [0.29, 0.717) is 0 Å². The van der Waals surface area contributed by atoms with Crippen molar-refractivity contribution in [3.8, 4) is 0 Å². The molecule has 0 aromatic carbocycles. The van der Waals surface area contributed by atoms with Crippen LogP contribution in [0.1, 0.15) is 12.0 Å². The SMILES string of the molecule is Cc1cnc(N2CC[C@@H](N)C2)nc1. The lowest BCUT2D eigenvalue weighted by molar-refractivity contribution is 0.750. The highest BCUT2D eigenvalue weighted by molar-refractivity contribution is 5.31. The van der Waals surface area contributed by atoms with Crippen LogP contribution in [0.3, 0.4) is 0 Å². The minimum Gasteiger partial charge on any atom is -0.339 e. The van der Waals surface area contributed by atoms with Crippen LogP contribution in [0.15, 0.2) is 12.4 Å². The molecule has 2 N–H and O–H groups in total. The highest BCUT2D eigenvalue weighted by Gasteiger charge is 2.20. The van der Waals surface area contributed by atoms with Gasteiger partial charge in [0.2, 0.25) is 5.95 Å². The molecule has 1 aliphatic rings. The summed E-state index contributed by atoms with van der Waals surface area (Å²) in [7, 11) is 0. The Bertz CT molecular complexity index is 282. The van der Waals surface area contributed by atoms with E-state index in [2.05, 4.69) is 14.9 Å². The van der Waals surface area contributed by atoms with Gasteiger partial charge in [-0.2, -0.15) is 0 Å². The Hall–Kier alpha value is -1.16. The van der Waals surface area contributed by atoms with Crippen LogP contribution in [-0.4, -0.2) is 29.1 Å². The molecule has 1 saturated heterocycles. The molecule has 2 heterocycles. The average Bonchev–Trinajstić information content (AvgIpc) is 2.53. The van der Waals surface area contributed by atoms with Gasteiger partial charge < -0.3 is 10.6 Å². The molecular formula is C9H14N4. The van der Waals surface area contributed by atoms with Gasteiger partial charge in [-0.05, 0) is 18.9 Å². The lowest BCUT2D eigenvalue weighted by Gasteiger charge is -2.14. The second kappa shape index (κ2) is 3.30. The van der Waals surface area contributed by atoms with Crippen LogP contribution in [0.4, 0.5) is 5.95 Å². The summed E-state index contributed by atoms with van der Waals surface area (Å²) < 4.78 is 0. The number of hydrogen-bond acceptors (Lipinski definition) is 4. The zero-order valence-corrected chi connectivity index (χ0v) is 7.77. The number of rotatable bonds is 1.